The number of allylic oxidation sites excluding steroid dienone is 1. The number of unbranched alkanes of at least 4 members (excludes halogenated alkanes) is 9. The fourth-order valence-electron chi connectivity index (χ4n) is 5.91. The highest BCUT2D eigenvalue weighted by atomic mass is 16.3. The summed E-state index contributed by atoms with van der Waals surface area (Å²) in [5.74, 6) is -0.472. The molecule has 1 aliphatic rings. The number of hydrogen-bond donors (Lipinski definition) is 6. The molecule has 41 heavy (non-hydrogen) atoms. The molecule has 7 unspecified atom stereocenters. The predicted octanol–water partition coefficient (Wildman–Crippen LogP) is 4.78. The first-order valence-electron chi connectivity index (χ1n) is 16.1. The molecule has 7 heteroatoms. The lowest BCUT2D eigenvalue weighted by atomic mass is 9.85. The second-order valence-electron chi connectivity index (χ2n) is 12.3. The van der Waals surface area contributed by atoms with Gasteiger partial charge in [-0.1, -0.05) is 94.2 Å². The molecule has 1 aromatic carbocycles. The number of hydrogen-bond acceptors (Lipinski definition) is 7. The molecule has 0 saturated heterocycles. The van der Waals surface area contributed by atoms with Crippen LogP contribution in [0.3, 0.4) is 0 Å². The first kappa shape index (κ1) is 35.6. The Bertz CT molecular complexity index is 830. The Kier molecular flexibility index (Phi) is 18.3. The summed E-state index contributed by atoms with van der Waals surface area (Å²) in [5.41, 5.74) is 1.43. The minimum Gasteiger partial charge on any atom is -0.393 e. The molecule has 0 amide bonds. The molecule has 0 bridgehead atoms. The van der Waals surface area contributed by atoms with Crippen LogP contribution in [0.5, 0.6) is 0 Å². The van der Waals surface area contributed by atoms with Crippen molar-refractivity contribution in [2.75, 3.05) is 0 Å². The Morgan fingerprint density at radius 3 is 1.71 bits per heavy atom. The van der Waals surface area contributed by atoms with Crippen molar-refractivity contribution in [2.45, 2.75) is 152 Å². The number of aliphatic hydroxyl groups excluding tert-OH is 6. The maximum absolute atomic E-state index is 11.5. The number of rotatable bonds is 23. The second-order valence-corrected chi connectivity index (χ2v) is 12.3. The van der Waals surface area contributed by atoms with E-state index in [1.807, 2.05) is 0 Å². The van der Waals surface area contributed by atoms with E-state index < -0.39 is 36.6 Å². The van der Waals surface area contributed by atoms with Gasteiger partial charge in [-0.25, -0.2) is 0 Å². The average molecular weight is 577 g/mol. The molecule has 6 N–H and O–H groups in total. The minimum atomic E-state index is -0.969. The Morgan fingerprint density at radius 1 is 0.634 bits per heavy atom. The van der Waals surface area contributed by atoms with Crippen LogP contribution in [-0.4, -0.2) is 73.0 Å². The van der Waals surface area contributed by atoms with Gasteiger partial charge in [-0.15, -0.1) is 0 Å². The molecule has 0 aromatic heterocycles. The first-order chi connectivity index (χ1) is 19.7. The fourth-order valence-corrected chi connectivity index (χ4v) is 5.91. The largest absolute Gasteiger partial charge is 0.393 e. The molecule has 2 rings (SSSR count). The third kappa shape index (κ3) is 17.2. The molecule has 7 nitrogen and oxygen atoms in total. The minimum absolute atomic E-state index is 0.00392. The van der Waals surface area contributed by atoms with Crippen LogP contribution in [0.25, 0.3) is 0 Å². The molecule has 234 valence electrons. The van der Waals surface area contributed by atoms with Crippen LogP contribution < -0.4 is 0 Å². The average Bonchev–Trinajstić information content (AvgIpc) is 2.91. The monoisotopic (exact) mass is 576 g/mol. The summed E-state index contributed by atoms with van der Waals surface area (Å²) >= 11 is 0. The Hall–Kier alpha value is -1.61. The lowest BCUT2D eigenvalue weighted by Gasteiger charge is -2.26. The van der Waals surface area contributed by atoms with Crippen molar-refractivity contribution in [2.24, 2.45) is 5.92 Å². The first-order valence-corrected chi connectivity index (χ1v) is 16.1. The molecular weight excluding hydrogens is 520 g/mol. The van der Waals surface area contributed by atoms with Crippen molar-refractivity contribution in [1.29, 1.82) is 0 Å². The molecule has 0 spiro atoms. The molecule has 1 aromatic rings. The number of benzene rings is 1. The number of aliphatic hydroxyl groups is 6. The quantitative estimate of drug-likeness (QED) is 0.103. The van der Waals surface area contributed by atoms with Crippen molar-refractivity contribution < 1.29 is 35.4 Å². The van der Waals surface area contributed by atoms with Crippen LogP contribution >= 0.6 is 0 Å². The maximum Gasteiger partial charge on any atom is 0.155 e. The molecule has 0 fully saturated rings. The maximum atomic E-state index is 11.5. The summed E-state index contributed by atoms with van der Waals surface area (Å²) < 4.78 is 0. The highest BCUT2D eigenvalue weighted by Gasteiger charge is 2.27. The zero-order valence-electron chi connectivity index (χ0n) is 24.9. The van der Waals surface area contributed by atoms with Crippen molar-refractivity contribution in [3.8, 4) is 0 Å². The van der Waals surface area contributed by atoms with E-state index in [4.69, 9.17) is 0 Å². The van der Waals surface area contributed by atoms with Gasteiger partial charge in [0.25, 0.3) is 0 Å². The van der Waals surface area contributed by atoms with Gasteiger partial charge in [0.2, 0.25) is 0 Å². The van der Waals surface area contributed by atoms with E-state index in [2.05, 4.69) is 30.3 Å². The summed E-state index contributed by atoms with van der Waals surface area (Å²) in [4.78, 5) is 11.5. The highest BCUT2D eigenvalue weighted by molar-refractivity contribution is 5.90. The van der Waals surface area contributed by atoms with Crippen molar-refractivity contribution >= 4 is 5.78 Å². The topological polar surface area (TPSA) is 138 Å². The molecule has 7 atom stereocenters. The van der Waals surface area contributed by atoms with Gasteiger partial charge >= 0.3 is 0 Å². The summed E-state index contributed by atoms with van der Waals surface area (Å²) in [6.07, 6.45) is 12.2. The standard InChI is InChI=1S/C34H56O7/c35-28(17-13-8-6-4-2-1-3-5-7-10-14-26-15-11-9-12-16-26)22-31(38)24-33(40)25-32(39)23-30(37)21-27-20-29(36)18-19-34(27)41/h9,11-12,15-16,18-19,27-28,30-35,37-41H,1-8,10,13-14,17,20-25H2. The number of ketones is 1. The lowest BCUT2D eigenvalue weighted by molar-refractivity contribution is -0.117. The van der Waals surface area contributed by atoms with Gasteiger partial charge in [-0.2, -0.15) is 0 Å². The van der Waals surface area contributed by atoms with Crippen LogP contribution in [0, 0.1) is 5.92 Å². The van der Waals surface area contributed by atoms with Crippen LogP contribution in [-0.2, 0) is 11.2 Å². The zero-order valence-corrected chi connectivity index (χ0v) is 24.9. The summed E-state index contributed by atoms with van der Waals surface area (Å²) in [7, 11) is 0. The van der Waals surface area contributed by atoms with Gasteiger partial charge in [0, 0.05) is 6.42 Å². The van der Waals surface area contributed by atoms with Crippen LogP contribution in [0.1, 0.15) is 115 Å². The lowest BCUT2D eigenvalue weighted by Crippen LogP contribution is -2.31. The third-order valence-corrected chi connectivity index (χ3v) is 8.27. The normalized spacial score (nSPS) is 21.0. The van der Waals surface area contributed by atoms with E-state index in [9.17, 15) is 35.4 Å². The van der Waals surface area contributed by atoms with Gasteiger partial charge in [0.15, 0.2) is 5.78 Å². The van der Waals surface area contributed by atoms with Crippen molar-refractivity contribution in [3.05, 3.63) is 48.0 Å². The van der Waals surface area contributed by atoms with E-state index in [0.29, 0.717) is 6.42 Å². The van der Waals surface area contributed by atoms with Gasteiger partial charge in [-0.05, 0) is 68.9 Å². The summed E-state index contributed by atoms with van der Waals surface area (Å²) in [6.45, 7) is 0. The highest BCUT2D eigenvalue weighted by Crippen LogP contribution is 2.24. The van der Waals surface area contributed by atoms with Crippen molar-refractivity contribution in [1.82, 2.24) is 0 Å². The second kappa shape index (κ2) is 21.1. The number of carbonyl (C=O) groups is 1. The van der Waals surface area contributed by atoms with E-state index in [1.54, 1.807) is 0 Å². The van der Waals surface area contributed by atoms with Crippen LogP contribution in [0.4, 0.5) is 0 Å². The van der Waals surface area contributed by atoms with Gasteiger partial charge < -0.3 is 30.6 Å². The summed E-state index contributed by atoms with van der Waals surface area (Å²) in [6, 6.07) is 10.7. The van der Waals surface area contributed by atoms with E-state index in [1.165, 1.54) is 75.5 Å². The molecular formula is C34H56O7. The Labute approximate surface area is 247 Å². The Morgan fingerprint density at radius 2 is 1.12 bits per heavy atom. The van der Waals surface area contributed by atoms with E-state index in [-0.39, 0.29) is 50.2 Å². The van der Waals surface area contributed by atoms with Gasteiger partial charge in [0.05, 0.1) is 36.6 Å². The molecule has 1 aliphatic carbocycles. The molecule has 0 saturated carbocycles. The SMILES string of the molecule is O=C1C=CC(O)C(CC(O)CC(O)CC(O)CC(O)CC(O)CCCCCCCCCCCCc2ccccc2)C1. The van der Waals surface area contributed by atoms with E-state index in [0.717, 1.165) is 12.8 Å². The zero-order chi connectivity index (χ0) is 29.9. The third-order valence-electron chi connectivity index (χ3n) is 8.27. The molecule has 0 heterocycles. The number of carbonyl (C=O) groups excluding carboxylic acids is 1. The van der Waals surface area contributed by atoms with Gasteiger partial charge in [-0.3, -0.25) is 4.79 Å². The van der Waals surface area contributed by atoms with Crippen LogP contribution in [0.15, 0.2) is 42.5 Å². The van der Waals surface area contributed by atoms with Crippen LogP contribution in [0.2, 0.25) is 0 Å². The molecule has 0 radical (unpaired) electrons. The smallest absolute Gasteiger partial charge is 0.155 e. The number of aryl methyl sites for hydroxylation is 1. The predicted molar refractivity (Wildman–Crippen MR) is 162 cm³/mol. The molecule has 0 aliphatic heterocycles. The van der Waals surface area contributed by atoms with Crippen molar-refractivity contribution in [3.63, 3.8) is 0 Å². The Balaban J connectivity index is 1.41. The summed E-state index contributed by atoms with van der Waals surface area (Å²) in [5, 5.41) is 61.3. The van der Waals surface area contributed by atoms with Gasteiger partial charge in [0.1, 0.15) is 0 Å². The fraction of sp³-hybridized carbons (Fsp3) is 0.735. The van der Waals surface area contributed by atoms with E-state index >= 15 is 0 Å².